The van der Waals surface area contributed by atoms with Crippen molar-refractivity contribution in [3.05, 3.63) is 87.3 Å². The van der Waals surface area contributed by atoms with Gasteiger partial charge in [0.05, 0.1) is 30.2 Å². The molecule has 5 rings (SSSR count). The molecule has 2 N–H and O–H groups in total. The van der Waals surface area contributed by atoms with Crippen molar-refractivity contribution >= 4 is 22.6 Å². The van der Waals surface area contributed by atoms with Crippen LogP contribution < -0.4 is 16.4 Å². The molecule has 1 fully saturated rings. The number of fused-ring (bicyclic) bond motifs is 2. The quantitative estimate of drug-likeness (QED) is 0.407. The van der Waals surface area contributed by atoms with E-state index in [9.17, 15) is 9.59 Å². The van der Waals surface area contributed by atoms with Crippen LogP contribution in [0.2, 0.25) is 0 Å². The van der Waals surface area contributed by atoms with Gasteiger partial charge in [0, 0.05) is 32.4 Å². The van der Waals surface area contributed by atoms with E-state index in [4.69, 9.17) is 15.1 Å². The van der Waals surface area contributed by atoms with Gasteiger partial charge in [0.2, 0.25) is 0 Å². The van der Waals surface area contributed by atoms with Crippen molar-refractivity contribution in [2.24, 2.45) is 0 Å². The minimum Gasteiger partial charge on any atom is -0.379 e. The molecule has 1 aliphatic heterocycles. The normalized spacial score (nSPS) is 15.3. The van der Waals surface area contributed by atoms with Gasteiger partial charge in [0.25, 0.3) is 11.5 Å². The number of amides is 1. The van der Waals surface area contributed by atoms with E-state index in [1.54, 1.807) is 16.8 Å². The summed E-state index contributed by atoms with van der Waals surface area (Å²) in [4.78, 5) is 33.9. The van der Waals surface area contributed by atoms with Crippen molar-refractivity contribution in [1.82, 2.24) is 24.2 Å². The number of aryl methyl sites for hydroxylation is 1. The maximum absolute atomic E-state index is 13.5. The Kier molecular flexibility index (Phi) is 6.67. The summed E-state index contributed by atoms with van der Waals surface area (Å²) in [5, 5.41) is 12.2. The molecule has 4 aromatic rings. The zero-order valence-electron chi connectivity index (χ0n) is 20.5. The number of pyridine rings is 2. The van der Waals surface area contributed by atoms with Crippen molar-refractivity contribution in [2.75, 3.05) is 32.8 Å². The van der Waals surface area contributed by atoms with E-state index >= 15 is 0 Å². The second-order valence-electron chi connectivity index (χ2n) is 9.21. The van der Waals surface area contributed by atoms with Crippen LogP contribution in [0.1, 0.15) is 34.5 Å². The smallest absolute Gasteiger partial charge is 0.267 e. The Morgan fingerprint density at radius 2 is 1.89 bits per heavy atom. The zero-order valence-corrected chi connectivity index (χ0v) is 20.5. The van der Waals surface area contributed by atoms with Crippen LogP contribution in [0, 0.1) is 12.3 Å². The van der Waals surface area contributed by atoms with Crippen LogP contribution in [-0.4, -0.2) is 57.6 Å². The molecule has 1 aliphatic rings. The summed E-state index contributed by atoms with van der Waals surface area (Å²) in [6.07, 6.45) is 1.74. The molecule has 186 valence electrons. The zero-order chi connectivity index (χ0) is 25.2. The minimum absolute atomic E-state index is 0.0388. The lowest BCUT2D eigenvalue weighted by atomic mass is 10.1. The first kappa shape index (κ1) is 23.9. The number of nitrogens with zero attached hydrogens (tertiary/aromatic N) is 4. The fourth-order valence-electron chi connectivity index (χ4n) is 4.60. The minimum atomic E-state index is -0.396. The summed E-state index contributed by atoms with van der Waals surface area (Å²) in [5.74, 6) is -0.396. The second kappa shape index (κ2) is 10.0. The van der Waals surface area contributed by atoms with Gasteiger partial charge in [-0.05, 0) is 37.1 Å². The van der Waals surface area contributed by atoms with E-state index < -0.39 is 5.91 Å². The second-order valence-corrected chi connectivity index (χ2v) is 9.21. The van der Waals surface area contributed by atoms with Crippen molar-refractivity contribution in [1.29, 1.82) is 5.41 Å². The third-order valence-electron chi connectivity index (χ3n) is 6.69. The van der Waals surface area contributed by atoms with E-state index in [2.05, 4.69) is 10.2 Å². The molecular formula is C27H30N6O3. The average molecular weight is 487 g/mol. The van der Waals surface area contributed by atoms with Crippen molar-refractivity contribution in [3.63, 3.8) is 0 Å². The number of benzene rings is 1. The Morgan fingerprint density at radius 1 is 1.14 bits per heavy atom. The molecule has 9 heteroatoms. The maximum atomic E-state index is 13.5. The van der Waals surface area contributed by atoms with Gasteiger partial charge in [-0.3, -0.25) is 24.3 Å². The lowest BCUT2D eigenvalue weighted by molar-refractivity contribution is 0.0363. The molecule has 1 saturated heterocycles. The summed E-state index contributed by atoms with van der Waals surface area (Å²) in [5.41, 5.74) is 2.74. The number of hydrogen-bond acceptors (Lipinski definition) is 6. The number of hydrogen-bond donors (Lipinski definition) is 2. The molecule has 4 heterocycles. The van der Waals surface area contributed by atoms with E-state index in [1.807, 2.05) is 50.2 Å². The van der Waals surface area contributed by atoms with Crippen LogP contribution in [0.15, 0.2) is 59.5 Å². The third-order valence-corrected chi connectivity index (χ3v) is 6.69. The summed E-state index contributed by atoms with van der Waals surface area (Å²) in [6, 6.07) is 14.6. The molecule has 0 aliphatic carbocycles. The predicted octanol–water partition coefficient (Wildman–Crippen LogP) is 2.26. The van der Waals surface area contributed by atoms with Crippen molar-refractivity contribution < 1.29 is 9.53 Å². The highest BCUT2D eigenvalue weighted by Crippen LogP contribution is 2.15. The molecule has 0 bridgehead atoms. The van der Waals surface area contributed by atoms with Crippen LogP contribution in [0.4, 0.5) is 0 Å². The molecule has 36 heavy (non-hydrogen) atoms. The third kappa shape index (κ3) is 4.67. The lowest BCUT2D eigenvalue weighted by Crippen LogP contribution is -2.41. The fraction of sp³-hybridized carbons (Fsp3) is 0.333. The van der Waals surface area contributed by atoms with Crippen molar-refractivity contribution in [3.8, 4) is 0 Å². The number of carbonyl (C=O) groups is 1. The number of ether oxygens (including phenoxy) is 1. The van der Waals surface area contributed by atoms with Gasteiger partial charge in [0.1, 0.15) is 16.8 Å². The Labute approximate surface area is 208 Å². The molecule has 1 atom stereocenters. The monoisotopic (exact) mass is 486 g/mol. The Hall–Kier alpha value is -3.82. The number of aromatic nitrogens is 3. The summed E-state index contributed by atoms with van der Waals surface area (Å²) in [6.45, 7) is 7.85. The number of carbonyl (C=O) groups excluding carboxylic acids is 1. The molecule has 1 amide bonds. The van der Waals surface area contributed by atoms with Crippen LogP contribution in [0.25, 0.3) is 16.7 Å². The van der Waals surface area contributed by atoms with Gasteiger partial charge < -0.3 is 14.6 Å². The highest BCUT2D eigenvalue weighted by atomic mass is 16.5. The fourth-order valence-corrected chi connectivity index (χ4v) is 4.60. The highest BCUT2D eigenvalue weighted by molar-refractivity contribution is 5.97. The van der Waals surface area contributed by atoms with Gasteiger partial charge in [0.15, 0.2) is 0 Å². The first-order valence-corrected chi connectivity index (χ1v) is 12.2. The highest BCUT2D eigenvalue weighted by Gasteiger charge is 2.20. The van der Waals surface area contributed by atoms with E-state index in [-0.39, 0.29) is 22.7 Å². The first-order valence-electron chi connectivity index (χ1n) is 12.2. The number of nitrogens with one attached hydrogen (secondary N) is 2. The molecular weight excluding hydrogens is 456 g/mol. The largest absolute Gasteiger partial charge is 0.379 e. The Bertz CT molecular complexity index is 1540. The Morgan fingerprint density at radius 3 is 2.64 bits per heavy atom. The van der Waals surface area contributed by atoms with Gasteiger partial charge in [-0.25, -0.2) is 4.98 Å². The van der Waals surface area contributed by atoms with E-state index in [0.29, 0.717) is 43.0 Å². The van der Waals surface area contributed by atoms with Gasteiger partial charge >= 0.3 is 0 Å². The van der Waals surface area contributed by atoms with Gasteiger partial charge in [-0.1, -0.05) is 36.4 Å². The molecule has 0 saturated carbocycles. The predicted molar refractivity (Wildman–Crippen MR) is 137 cm³/mol. The van der Waals surface area contributed by atoms with Crippen LogP contribution >= 0.6 is 0 Å². The summed E-state index contributed by atoms with van der Waals surface area (Å²) >= 11 is 0. The van der Waals surface area contributed by atoms with Crippen LogP contribution in [0.3, 0.4) is 0 Å². The molecule has 0 unspecified atom stereocenters. The number of rotatable bonds is 6. The number of morpholine rings is 1. The SMILES string of the molecule is Cc1ccc2nc3c(cc(C(=O)N[C@@H](C)c4ccccc4)c(=N)n3CCN3CCOCC3)c(=O)n2c1. The molecule has 0 radical (unpaired) electrons. The molecule has 1 aromatic carbocycles. The standard InChI is InChI=1S/C27H30N6O3/c1-18-8-9-23-30-25-22(27(35)33(23)17-18)16-21(26(34)29-19(2)20-6-4-3-5-7-20)24(28)32(25)11-10-31-12-14-36-15-13-31/h3-9,16-17,19,28H,10-15H2,1-2H3,(H,29,34)/t19-/m0/s1. The van der Waals surface area contributed by atoms with Crippen LogP contribution in [-0.2, 0) is 11.3 Å². The van der Waals surface area contributed by atoms with Crippen LogP contribution in [0.5, 0.6) is 0 Å². The summed E-state index contributed by atoms with van der Waals surface area (Å²) < 4.78 is 8.64. The Balaban J connectivity index is 1.61. The van der Waals surface area contributed by atoms with Crippen molar-refractivity contribution in [2.45, 2.75) is 26.4 Å². The van der Waals surface area contributed by atoms with E-state index in [0.717, 1.165) is 24.2 Å². The average Bonchev–Trinajstić information content (AvgIpc) is 2.89. The lowest BCUT2D eigenvalue weighted by Gasteiger charge is -2.27. The topological polar surface area (TPSA) is 105 Å². The first-order chi connectivity index (χ1) is 17.4. The van der Waals surface area contributed by atoms with Gasteiger partial charge in [-0.2, -0.15) is 0 Å². The summed E-state index contributed by atoms with van der Waals surface area (Å²) in [7, 11) is 0. The molecule has 3 aromatic heterocycles. The maximum Gasteiger partial charge on any atom is 0.267 e. The molecule has 0 spiro atoms. The van der Waals surface area contributed by atoms with Gasteiger partial charge in [-0.15, -0.1) is 0 Å². The van der Waals surface area contributed by atoms with E-state index in [1.165, 1.54) is 10.5 Å². The molecule has 9 nitrogen and oxygen atoms in total.